The molecule has 1 heterocycles. The Morgan fingerprint density at radius 1 is 1.39 bits per heavy atom. The fraction of sp³-hybridized carbons (Fsp3) is 0.538. The van der Waals surface area contributed by atoms with Crippen LogP contribution < -0.4 is 0 Å². The number of carbonyl (C=O) groups is 2. The Labute approximate surface area is 110 Å². The normalized spacial score (nSPS) is 14.4. The van der Waals surface area contributed by atoms with Crippen LogP contribution in [0.1, 0.15) is 37.0 Å². The summed E-state index contributed by atoms with van der Waals surface area (Å²) in [7, 11) is 0. The van der Waals surface area contributed by atoms with Crippen molar-refractivity contribution in [3.8, 4) is 0 Å². The molecule has 1 saturated carbocycles. The molecule has 1 aromatic heterocycles. The van der Waals surface area contributed by atoms with E-state index in [2.05, 4.69) is 0 Å². The summed E-state index contributed by atoms with van der Waals surface area (Å²) in [5.41, 5.74) is 0. The maximum Gasteiger partial charge on any atom is 0.303 e. The quantitative estimate of drug-likeness (QED) is 0.825. The first-order valence-corrected chi connectivity index (χ1v) is 7.08. The summed E-state index contributed by atoms with van der Waals surface area (Å²) >= 11 is 1.65. The Morgan fingerprint density at radius 3 is 2.72 bits per heavy atom. The van der Waals surface area contributed by atoms with Crippen molar-refractivity contribution in [2.75, 3.05) is 0 Å². The number of nitrogens with zero attached hydrogens (tertiary/aromatic N) is 1. The third-order valence-electron chi connectivity index (χ3n) is 3.00. The van der Waals surface area contributed by atoms with Gasteiger partial charge in [0, 0.05) is 23.8 Å². The molecule has 0 unspecified atom stereocenters. The van der Waals surface area contributed by atoms with E-state index in [4.69, 9.17) is 5.11 Å². The van der Waals surface area contributed by atoms with E-state index in [0.717, 1.165) is 12.8 Å². The van der Waals surface area contributed by atoms with Crippen LogP contribution in [-0.2, 0) is 16.1 Å². The van der Waals surface area contributed by atoms with Gasteiger partial charge in [0.1, 0.15) is 0 Å². The van der Waals surface area contributed by atoms with Gasteiger partial charge in [-0.2, -0.15) is 0 Å². The van der Waals surface area contributed by atoms with E-state index >= 15 is 0 Å². The van der Waals surface area contributed by atoms with Crippen LogP contribution in [0.5, 0.6) is 0 Å². The summed E-state index contributed by atoms with van der Waals surface area (Å²) < 4.78 is 0. The number of hydrogen-bond donors (Lipinski definition) is 1. The van der Waals surface area contributed by atoms with E-state index in [-0.39, 0.29) is 12.3 Å². The Kier molecular flexibility index (Phi) is 4.36. The molecule has 4 nitrogen and oxygen atoms in total. The second-order valence-electron chi connectivity index (χ2n) is 4.58. The van der Waals surface area contributed by atoms with E-state index in [9.17, 15) is 9.59 Å². The Hall–Kier alpha value is -1.36. The zero-order chi connectivity index (χ0) is 13.0. The molecular formula is C13H17NO3S. The van der Waals surface area contributed by atoms with Gasteiger partial charge in [0.25, 0.3) is 0 Å². The minimum Gasteiger partial charge on any atom is -0.481 e. The lowest BCUT2D eigenvalue weighted by Gasteiger charge is -2.21. The van der Waals surface area contributed by atoms with Crippen LogP contribution in [0.25, 0.3) is 0 Å². The number of carboxylic acids is 1. The van der Waals surface area contributed by atoms with Crippen LogP contribution >= 0.6 is 11.3 Å². The van der Waals surface area contributed by atoms with Crippen LogP contribution in [0.3, 0.4) is 0 Å². The highest BCUT2D eigenvalue weighted by atomic mass is 32.1. The second-order valence-corrected chi connectivity index (χ2v) is 5.61. The van der Waals surface area contributed by atoms with Gasteiger partial charge in [0.15, 0.2) is 0 Å². The van der Waals surface area contributed by atoms with Gasteiger partial charge >= 0.3 is 5.97 Å². The van der Waals surface area contributed by atoms with Gasteiger partial charge < -0.3 is 10.0 Å². The monoisotopic (exact) mass is 267 g/mol. The molecule has 98 valence electrons. The van der Waals surface area contributed by atoms with Gasteiger partial charge in [-0.25, -0.2) is 0 Å². The van der Waals surface area contributed by atoms with Gasteiger partial charge in [0.05, 0.1) is 6.54 Å². The molecule has 0 bridgehead atoms. The average molecular weight is 267 g/mol. The highest BCUT2D eigenvalue weighted by molar-refractivity contribution is 7.09. The van der Waals surface area contributed by atoms with Gasteiger partial charge in [0.2, 0.25) is 5.91 Å². The fourth-order valence-corrected chi connectivity index (χ4v) is 2.61. The maximum absolute atomic E-state index is 12.1. The van der Waals surface area contributed by atoms with E-state index in [1.807, 2.05) is 22.4 Å². The van der Waals surface area contributed by atoms with Crippen LogP contribution in [0, 0.1) is 0 Å². The average Bonchev–Trinajstić information content (AvgIpc) is 3.02. The van der Waals surface area contributed by atoms with Gasteiger partial charge in [-0.15, -0.1) is 11.3 Å². The van der Waals surface area contributed by atoms with Crippen LogP contribution in [-0.4, -0.2) is 27.9 Å². The zero-order valence-corrected chi connectivity index (χ0v) is 11.0. The topological polar surface area (TPSA) is 57.6 Å². The smallest absolute Gasteiger partial charge is 0.303 e. The van der Waals surface area contributed by atoms with Gasteiger partial charge in [-0.1, -0.05) is 6.07 Å². The molecule has 0 aliphatic heterocycles. The van der Waals surface area contributed by atoms with Crippen molar-refractivity contribution in [1.29, 1.82) is 0 Å². The van der Waals surface area contributed by atoms with Crippen molar-refractivity contribution < 1.29 is 14.7 Å². The first kappa shape index (κ1) is 13.1. The number of hydrogen-bond acceptors (Lipinski definition) is 3. The maximum atomic E-state index is 12.1. The van der Waals surface area contributed by atoms with Crippen molar-refractivity contribution in [2.24, 2.45) is 0 Å². The molecule has 0 spiro atoms. The van der Waals surface area contributed by atoms with Crippen LogP contribution in [0.4, 0.5) is 0 Å². The number of rotatable bonds is 7. The molecule has 1 fully saturated rings. The first-order chi connectivity index (χ1) is 8.66. The van der Waals surface area contributed by atoms with Crippen molar-refractivity contribution >= 4 is 23.2 Å². The largest absolute Gasteiger partial charge is 0.481 e. The molecule has 0 atom stereocenters. The van der Waals surface area contributed by atoms with Gasteiger partial charge in [-0.05, 0) is 30.7 Å². The molecule has 18 heavy (non-hydrogen) atoms. The minimum absolute atomic E-state index is 0.0727. The van der Waals surface area contributed by atoms with Crippen molar-refractivity contribution in [3.05, 3.63) is 22.4 Å². The molecule has 1 N–H and O–H groups in total. The highest BCUT2D eigenvalue weighted by Crippen LogP contribution is 2.30. The molecule has 1 aliphatic rings. The van der Waals surface area contributed by atoms with E-state index in [1.54, 1.807) is 11.3 Å². The minimum atomic E-state index is -0.834. The lowest BCUT2D eigenvalue weighted by atomic mass is 10.2. The molecule has 1 aromatic rings. The van der Waals surface area contributed by atoms with E-state index in [1.165, 1.54) is 4.88 Å². The molecule has 0 saturated heterocycles. The highest BCUT2D eigenvalue weighted by Gasteiger charge is 2.32. The Morgan fingerprint density at radius 2 is 2.17 bits per heavy atom. The third kappa shape index (κ3) is 3.84. The molecule has 2 rings (SSSR count). The number of carboxylic acid groups (broad SMARTS) is 1. The van der Waals surface area contributed by atoms with Gasteiger partial charge in [-0.3, -0.25) is 9.59 Å². The lowest BCUT2D eigenvalue weighted by molar-refractivity contribution is -0.137. The molecule has 0 aromatic carbocycles. The number of amides is 1. The summed E-state index contributed by atoms with van der Waals surface area (Å²) in [6.45, 7) is 0.675. The summed E-state index contributed by atoms with van der Waals surface area (Å²) in [6, 6.07) is 4.40. The summed E-state index contributed by atoms with van der Waals surface area (Å²) in [4.78, 5) is 25.6. The third-order valence-corrected chi connectivity index (χ3v) is 3.86. The Bertz CT molecular complexity index is 412. The fourth-order valence-electron chi connectivity index (χ4n) is 1.91. The molecular weight excluding hydrogens is 250 g/mol. The zero-order valence-electron chi connectivity index (χ0n) is 10.2. The summed E-state index contributed by atoms with van der Waals surface area (Å²) in [5.74, 6) is -0.744. The molecule has 1 amide bonds. The Balaban J connectivity index is 1.85. The van der Waals surface area contributed by atoms with Crippen molar-refractivity contribution in [2.45, 2.75) is 44.7 Å². The lowest BCUT2D eigenvalue weighted by Crippen LogP contribution is -2.32. The molecule has 1 aliphatic carbocycles. The predicted octanol–water partition coefficient (Wildman–Crippen LogP) is 2.49. The number of aliphatic carboxylic acids is 1. The molecule has 5 heteroatoms. The van der Waals surface area contributed by atoms with Crippen molar-refractivity contribution in [1.82, 2.24) is 4.90 Å². The van der Waals surface area contributed by atoms with Crippen molar-refractivity contribution in [3.63, 3.8) is 0 Å². The second kappa shape index (κ2) is 6.00. The van der Waals surface area contributed by atoms with E-state index in [0.29, 0.717) is 25.4 Å². The van der Waals surface area contributed by atoms with Crippen LogP contribution in [0.2, 0.25) is 0 Å². The van der Waals surface area contributed by atoms with E-state index < -0.39 is 5.97 Å². The summed E-state index contributed by atoms with van der Waals surface area (Å²) in [6.07, 6.45) is 3.01. The number of carbonyl (C=O) groups excluding carboxylic acids is 1. The molecule has 0 radical (unpaired) electrons. The summed E-state index contributed by atoms with van der Waals surface area (Å²) in [5, 5.41) is 10.6. The standard InChI is InChI=1S/C13H17NO3S/c15-12(4-1-5-13(16)17)14(10-6-7-10)9-11-3-2-8-18-11/h2-3,8,10H,1,4-7,9H2,(H,16,17). The number of thiophene rings is 1. The first-order valence-electron chi connectivity index (χ1n) is 6.20. The SMILES string of the molecule is O=C(O)CCCC(=O)N(Cc1cccs1)C1CC1. The predicted molar refractivity (Wildman–Crippen MR) is 69.4 cm³/mol. The van der Waals surface area contributed by atoms with Crippen LogP contribution in [0.15, 0.2) is 17.5 Å².